The molecule has 0 saturated heterocycles. The van der Waals surface area contributed by atoms with Crippen LogP contribution in [0.4, 0.5) is 0 Å². The Morgan fingerprint density at radius 3 is 2.64 bits per heavy atom. The van der Waals surface area contributed by atoms with E-state index in [9.17, 15) is 4.79 Å². The van der Waals surface area contributed by atoms with Gasteiger partial charge >= 0.3 is 5.97 Å². The Labute approximate surface area is 77.1 Å². The van der Waals surface area contributed by atoms with E-state index in [1.807, 2.05) is 6.92 Å². The summed E-state index contributed by atoms with van der Waals surface area (Å²) < 4.78 is 4.85. The topological polar surface area (TPSA) is 26.3 Å². The highest BCUT2D eigenvalue weighted by Gasteiger charge is 2.20. The first-order valence-corrected chi connectivity index (χ1v) is 7.38. The second-order valence-electron chi connectivity index (χ2n) is 1.92. The largest absolute Gasteiger partial charge is 0.460 e. The molecule has 0 heterocycles. The van der Waals surface area contributed by atoms with Gasteiger partial charge in [0.2, 0.25) is 0 Å². The lowest BCUT2D eigenvalue weighted by molar-refractivity contribution is -0.139. The molecule has 0 rings (SSSR count). The minimum Gasteiger partial charge on any atom is -0.460 e. The van der Waals surface area contributed by atoms with Crippen molar-refractivity contribution in [3.63, 3.8) is 0 Å². The molecule has 0 aliphatic rings. The quantitative estimate of drug-likeness (QED) is 0.307. The molecule has 1 unspecified atom stereocenters. The van der Waals surface area contributed by atoms with Crippen LogP contribution in [0.25, 0.3) is 0 Å². The summed E-state index contributed by atoms with van der Waals surface area (Å²) in [6, 6.07) is 0. The number of carbonyl (C=O) groups is 1. The van der Waals surface area contributed by atoms with Gasteiger partial charge in [-0.05, 0) is 6.42 Å². The maximum Gasteiger partial charge on any atom is 0.330 e. The van der Waals surface area contributed by atoms with Gasteiger partial charge in [0, 0.05) is 6.08 Å². The van der Waals surface area contributed by atoms with Crippen molar-refractivity contribution in [2.24, 2.45) is 0 Å². The van der Waals surface area contributed by atoms with Crippen LogP contribution in [0.15, 0.2) is 12.7 Å². The zero-order valence-corrected chi connectivity index (χ0v) is 8.89. The third-order valence-corrected chi connectivity index (χ3v) is 3.97. The molecule has 0 aromatic heterocycles. The van der Waals surface area contributed by atoms with Gasteiger partial charge in [0.05, 0.1) is 0 Å². The molecule has 0 radical (unpaired) electrons. The summed E-state index contributed by atoms with van der Waals surface area (Å²) in [6.45, 7) is 5.13. The van der Waals surface area contributed by atoms with E-state index in [0.717, 1.165) is 6.08 Å². The van der Waals surface area contributed by atoms with Gasteiger partial charge in [0.15, 0.2) is 0 Å². The molecule has 0 aliphatic carbocycles. The van der Waals surface area contributed by atoms with Crippen LogP contribution in [0, 0.1) is 0 Å². The lowest BCUT2D eigenvalue weighted by Gasteiger charge is -2.13. The molecule has 0 N–H and O–H groups in total. The van der Waals surface area contributed by atoms with Crippen LogP contribution in [-0.4, -0.2) is 19.1 Å². The Kier molecular flexibility index (Phi) is 5.63. The van der Waals surface area contributed by atoms with E-state index < -0.39 is 13.4 Å². The number of rotatable bonds is 4. The minimum absolute atomic E-state index is 0.302. The Morgan fingerprint density at radius 2 is 2.36 bits per heavy atom. The molecule has 0 bridgehead atoms. The van der Waals surface area contributed by atoms with Gasteiger partial charge in [-0.25, -0.2) is 4.79 Å². The molecule has 0 fully saturated rings. The first-order valence-electron chi connectivity index (χ1n) is 3.23. The Bertz CT molecular complexity index is 150. The van der Waals surface area contributed by atoms with Crippen molar-refractivity contribution in [2.75, 3.05) is 0 Å². The van der Waals surface area contributed by atoms with Crippen molar-refractivity contribution in [3.05, 3.63) is 12.7 Å². The molecule has 0 saturated carbocycles. The van der Waals surface area contributed by atoms with Gasteiger partial charge in [-0.1, -0.05) is 13.5 Å². The van der Waals surface area contributed by atoms with Gasteiger partial charge in [-0.2, -0.15) is 0 Å². The van der Waals surface area contributed by atoms with E-state index >= 15 is 0 Å². The van der Waals surface area contributed by atoms with Crippen molar-refractivity contribution in [3.8, 4) is 0 Å². The lowest BCUT2D eigenvalue weighted by atomic mass is 10.5. The van der Waals surface area contributed by atoms with Crippen molar-refractivity contribution >= 4 is 35.5 Å². The van der Waals surface area contributed by atoms with Gasteiger partial charge in [0.1, 0.15) is 5.73 Å². The molecule has 0 aliphatic heterocycles. The molecule has 64 valence electrons. The van der Waals surface area contributed by atoms with E-state index in [-0.39, 0.29) is 5.73 Å². The molecular formula is C6H10Cl2O2Si. The molecule has 0 amide bonds. The molecule has 0 aromatic rings. The maximum absolute atomic E-state index is 10.7. The predicted octanol–water partition coefficient (Wildman–Crippen LogP) is 1.73. The van der Waals surface area contributed by atoms with E-state index in [2.05, 4.69) is 6.58 Å². The summed E-state index contributed by atoms with van der Waals surface area (Å²) in [4.78, 5) is 10.7. The van der Waals surface area contributed by atoms with Crippen molar-refractivity contribution in [1.82, 2.24) is 0 Å². The monoisotopic (exact) mass is 212 g/mol. The highest BCUT2D eigenvalue weighted by Crippen LogP contribution is 2.10. The summed E-state index contributed by atoms with van der Waals surface area (Å²) in [5, 5.41) is 0. The van der Waals surface area contributed by atoms with E-state index in [1.165, 1.54) is 0 Å². The summed E-state index contributed by atoms with van der Waals surface area (Å²) >= 11 is 11.3. The first-order chi connectivity index (χ1) is 5.11. The summed E-state index contributed by atoms with van der Waals surface area (Å²) in [5.74, 6) is -0.462. The summed E-state index contributed by atoms with van der Waals surface area (Å²) in [7, 11) is -1.90. The molecule has 11 heavy (non-hydrogen) atoms. The standard InChI is InChI=1S/C6H10Cl2O2Si/c1-3-5(9)10-6(4-2)11(7)8/h3,6,11H,1,4H2,2H3. The van der Waals surface area contributed by atoms with Gasteiger partial charge in [-0.3, -0.25) is 0 Å². The van der Waals surface area contributed by atoms with Gasteiger partial charge in [-0.15, -0.1) is 22.2 Å². The molecule has 2 nitrogen and oxygen atoms in total. The van der Waals surface area contributed by atoms with Crippen molar-refractivity contribution in [1.29, 1.82) is 0 Å². The van der Waals surface area contributed by atoms with Crippen LogP contribution in [-0.2, 0) is 9.53 Å². The van der Waals surface area contributed by atoms with Crippen molar-refractivity contribution in [2.45, 2.75) is 19.1 Å². The van der Waals surface area contributed by atoms with Crippen molar-refractivity contribution < 1.29 is 9.53 Å². The first kappa shape index (κ1) is 11.0. The fourth-order valence-electron chi connectivity index (χ4n) is 0.510. The SMILES string of the molecule is C=CC(=O)OC(CC)[SiH](Cl)Cl. The maximum atomic E-state index is 10.7. The average Bonchev–Trinajstić information content (AvgIpc) is 1.99. The van der Waals surface area contributed by atoms with Crippen LogP contribution in [0.2, 0.25) is 0 Å². The normalized spacial score (nSPS) is 12.7. The van der Waals surface area contributed by atoms with Crippen LogP contribution < -0.4 is 0 Å². The third-order valence-electron chi connectivity index (χ3n) is 1.12. The number of carbonyl (C=O) groups excluding carboxylic acids is 1. The van der Waals surface area contributed by atoms with Crippen LogP contribution in [0.3, 0.4) is 0 Å². The smallest absolute Gasteiger partial charge is 0.330 e. The van der Waals surface area contributed by atoms with Crippen LogP contribution in [0.1, 0.15) is 13.3 Å². The van der Waals surface area contributed by atoms with E-state index in [0.29, 0.717) is 6.42 Å². The molecule has 0 aromatic carbocycles. The second kappa shape index (κ2) is 5.63. The molecule has 5 heteroatoms. The molecule has 1 atom stereocenters. The number of halogens is 2. The predicted molar refractivity (Wildman–Crippen MR) is 49.2 cm³/mol. The Balaban J connectivity index is 3.87. The number of hydrogen-bond donors (Lipinski definition) is 0. The van der Waals surface area contributed by atoms with E-state index in [1.54, 1.807) is 0 Å². The minimum atomic E-state index is -1.90. The fourth-order valence-corrected chi connectivity index (χ4v) is 2.48. The highest BCUT2D eigenvalue weighted by atomic mass is 35.7. The zero-order chi connectivity index (χ0) is 8.85. The summed E-state index contributed by atoms with van der Waals surface area (Å²) in [5.41, 5.74) is -0.302. The zero-order valence-electron chi connectivity index (χ0n) is 6.22. The number of esters is 1. The number of ether oxygens (including phenoxy) is 1. The van der Waals surface area contributed by atoms with Gasteiger partial charge < -0.3 is 4.74 Å². The molecule has 0 spiro atoms. The van der Waals surface area contributed by atoms with Crippen LogP contribution >= 0.6 is 22.2 Å². The average molecular weight is 213 g/mol. The summed E-state index contributed by atoms with van der Waals surface area (Å²) in [6.07, 6.45) is 1.76. The third kappa shape index (κ3) is 4.45. The Morgan fingerprint density at radius 1 is 1.82 bits per heavy atom. The molecular weight excluding hydrogens is 203 g/mol. The highest BCUT2D eigenvalue weighted by molar-refractivity contribution is 7.34. The number of hydrogen-bond acceptors (Lipinski definition) is 2. The van der Waals surface area contributed by atoms with Gasteiger partial charge in [0.25, 0.3) is 7.42 Å². The van der Waals surface area contributed by atoms with E-state index in [4.69, 9.17) is 26.9 Å². The lowest BCUT2D eigenvalue weighted by Crippen LogP contribution is -2.25. The second-order valence-corrected chi connectivity index (χ2v) is 6.83. The Hall–Kier alpha value is 0.00688. The van der Waals surface area contributed by atoms with Crippen LogP contribution in [0.5, 0.6) is 0 Å². The fraction of sp³-hybridized carbons (Fsp3) is 0.500.